The number of aliphatic carboxylic acids is 1. The van der Waals surface area contributed by atoms with Crippen molar-refractivity contribution in [3.8, 4) is 0 Å². The van der Waals surface area contributed by atoms with E-state index in [1.165, 1.54) is 6.92 Å². The van der Waals surface area contributed by atoms with Gasteiger partial charge in [0.15, 0.2) is 1.41 Å². The molecule has 0 heterocycles. The molecule has 2 amide bonds. The molecule has 9 nitrogen and oxygen atoms in total. The topological polar surface area (TPSA) is 148 Å². The Hall–Kier alpha value is -1.81. The summed E-state index contributed by atoms with van der Waals surface area (Å²) in [6.45, 7) is -2.16. The first kappa shape index (κ1) is 12.7. The predicted molar refractivity (Wildman–Crippen MR) is 80.3 cm³/mol. The molecule has 0 fully saturated rings. The zero-order valence-electron chi connectivity index (χ0n) is 16.7. The van der Waals surface area contributed by atoms with E-state index in [-0.39, 0.29) is 13.0 Å². The van der Waals surface area contributed by atoms with Gasteiger partial charge >= 0.3 is 11.9 Å². The number of rotatable bonds is 10. The molecule has 0 aliphatic rings. The third-order valence-corrected chi connectivity index (χ3v) is 2.42. The van der Waals surface area contributed by atoms with Gasteiger partial charge in [0.25, 0.3) is 0 Å². The number of esters is 1. The van der Waals surface area contributed by atoms with E-state index in [1.54, 1.807) is 5.32 Å². The average molecular weight is 340 g/mol. The van der Waals surface area contributed by atoms with Crippen LogP contribution in [0, 0.1) is 0 Å². The van der Waals surface area contributed by atoms with Crippen LogP contribution < -0.4 is 16.4 Å². The van der Waals surface area contributed by atoms with Crippen LogP contribution in [-0.2, 0) is 23.9 Å². The van der Waals surface area contributed by atoms with Gasteiger partial charge < -0.3 is 26.2 Å². The van der Waals surface area contributed by atoms with E-state index in [2.05, 4.69) is 17.4 Å². The number of thiol groups is 1. The van der Waals surface area contributed by atoms with Gasteiger partial charge in [-0.1, -0.05) is 0 Å². The molecule has 0 bridgehead atoms. The highest BCUT2D eigenvalue weighted by molar-refractivity contribution is 7.80. The van der Waals surface area contributed by atoms with Crippen molar-refractivity contribution in [3.05, 3.63) is 0 Å². The summed E-state index contributed by atoms with van der Waals surface area (Å²) in [7, 11) is 0. The van der Waals surface area contributed by atoms with Crippen LogP contribution in [0.15, 0.2) is 0 Å². The fourth-order valence-electron chi connectivity index (χ4n) is 1.08. The maximum absolute atomic E-state index is 12.3. The van der Waals surface area contributed by atoms with Crippen molar-refractivity contribution in [2.24, 2.45) is 5.73 Å². The maximum Gasteiger partial charge on any atom is 0.325 e. The largest absolute Gasteiger partial charge is 0.480 e. The molecule has 0 aromatic rings. The second-order valence-electron chi connectivity index (χ2n) is 3.82. The zero-order valence-corrected chi connectivity index (χ0v) is 12.6. The number of hydrogen-bond donors (Lipinski definition) is 5. The van der Waals surface area contributed by atoms with Crippen LogP contribution >= 0.6 is 12.6 Å². The molecule has 0 aliphatic heterocycles. The second-order valence-corrected chi connectivity index (χ2v) is 4.08. The minimum atomic E-state index is -3.29. The number of nitrogens with one attached hydrogen (secondary N) is 2. The van der Waals surface area contributed by atoms with E-state index in [0.29, 0.717) is 0 Å². The van der Waals surface area contributed by atoms with Crippen molar-refractivity contribution in [2.45, 2.75) is 31.8 Å². The highest BCUT2D eigenvalue weighted by Gasteiger charge is 2.21. The summed E-state index contributed by atoms with van der Waals surface area (Å²) in [5.74, 6) is -5.75. The zero-order chi connectivity index (χ0) is 21.6. The van der Waals surface area contributed by atoms with Gasteiger partial charge in [0.2, 0.25) is 11.8 Å². The fraction of sp³-hybridized carbons (Fsp3) is 0.667. The molecule has 0 saturated heterocycles. The molecule has 0 aliphatic carbocycles. The van der Waals surface area contributed by atoms with E-state index >= 15 is 0 Å². The van der Waals surface area contributed by atoms with Gasteiger partial charge in [0.05, 0.1) is 10.7 Å². The Morgan fingerprint density at radius 2 is 2.14 bits per heavy atom. The average Bonchev–Trinajstić information content (AvgIpc) is 2.57. The second kappa shape index (κ2) is 10.9. The fourth-order valence-corrected chi connectivity index (χ4v) is 1.26. The standard InChI is InChI=1S/C12H21N3O6S/c1-2-21-10(17)5-14-11(18)8(6-22)15-9(16)4-3-7(13)12(19)20/h7-8,22H,2-6,13H2,1H3,(H,14,18)(H,15,16)(H,19,20)/i5D2,6D,8D/hD. The lowest BCUT2D eigenvalue weighted by Crippen LogP contribution is -2.49. The number of carboxylic acids is 1. The number of amides is 2. The number of ether oxygens (including phenoxy) is 1. The van der Waals surface area contributed by atoms with Gasteiger partial charge in [-0.15, -0.1) is 0 Å². The Morgan fingerprint density at radius 3 is 2.64 bits per heavy atom. The highest BCUT2D eigenvalue weighted by atomic mass is 32.1. The molecule has 0 rings (SSSR count). The third-order valence-electron chi connectivity index (χ3n) is 2.16. The van der Waals surface area contributed by atoms with E-state index in [1.807, 2.05) is 0 Å². The van der Waals surface area contributed by atoms with Crippen LogP contribution in [0.3, 0.4) is 0 Å². The summed E-state index contributed by atoms with van der Waals surface area (Å²) in [5, 5.41) is 9.94. The molecule has 0 aromatic heterocycles. The lowest BCUT2D eigenvalue weighted by Gasteiger charge is -2.16. The normalized spacial score (nSPS) is 19.7. The van der Waals surface area contributed by atoms with E-state index in [4.69, 9.17) is 17.7 Å². The molecule has 10 heteroatoms. The maximum atomic E-state index is 12.3. The van der Waals surface area contributed by atoms with Gasteiger partial charge in [0.1, 0.15) is 18.6 Å². The number of carbonyl (C=O) groups excluding carboxylic acids is 3. The minimum absolute atomic E-state index is 0.236. The first-order valence-electron chi connectivity index (χ1n) is 8.64. The van der Waals surface area contributed by atoms with Crippen molar-refractivity contribution in [1.82, 2.24) is 10.6 Å². The van der Waals surface area contributed by atoms with Gasteiger partial charge in [-0.3, -0.25) is 19.2 Å². The SMILES string of the molecule is [2H]C(S)C([2H])(NC(=O)CCC(N)C(=O)O)C(=O)N([2H])C([2H])([2H])C(=O)OCC. The molecule has 5 N–H and O–H groups in total. The Kier molecular flexibility index (Phi) is 6.27. The number of nitrogens with two attached hydrogens (primary N) is 1. The summed E-state index contributed by atoms with van der Waals surface area (Å²) >= 11 is 3.59. The molecule has 22 heavy (non-hydrogen) atoms. The lowest BCUT2D eigenvalue weighted by atomic mass is 10.1. The van der Waals surface area contributed by atoms with Crippen molar-refractivity contribution >= 4 is 36.4 Å². The van der Waals surface area contributed by atoms with Gasteiger partial charge in [-0.05, 0) is 13.3 Å². The molecule has 0 saturated carbocycles. The van der Waals surface area contributed by atoms with E-state index in [9.17, 15) is 19.2 Å². The molecule has 0 aromatic carbocycles. The van der Waals surface area contributed by atoms with Gasteiger partial charge in [-0.25, -0.2) is 0 Å². The number of carboxylic acid groups (broad SMARTS) is 1. The molecule has 0 spiro atoms. The molecule has 0 radical (unpaired) electrons. The van der Waals surface area contributed by atoms with Crippen LogP contribution in [0.4, 0.5) is 0 Å². The molecular weight excluding hydrogens is 314 g/mol. The Morgan fingerprint density at radius 1 is 1.50 bits per heavy atom. The summed E-state index contributed by atoms with van der Waals surface area (Å²) in [4.78, 5) is 46.4. The van der Waals surface area contributed by atoms with Crippen LogP contribution in [0.2, 0.25) is 1.41 Å². The molecule has 3 unspecified atom stereocenters. The highest BCUT2D eigenvalue weighted by Crippen LogP contribution is 1.97. The van der Waals surface area contributed by atoms with Crippen LogP contribution in [0.5, 0.6) is 0 Å². The third kappa shape index (κ3) is 8.47. The lowest BCUT2D eigenvalue weighted by molar-refractivity contribution is -0.143. The van der Waals surface area contributed by atoms with Gasteiger partial charge in [0, 0.05) is 13.5 Å². The minimum Gasteiger partial charge on any atom is -0.480 e. The molecular formula is C12H21N3O6S. The molecule has 3 atom stereocenters. The van der Waals surface area contributed by atoms with E-state index in [0.717, 1.165) is 0 Å². The van der Waals surface area contributed by atoms with Crippen LogP contribution in [-0.4, -0.2) is 59.8 Å². The predicted octanol–water partition coefficient (Wildman–Crippen LogP) is -1.73. The summed E-state index contributed by atoms with van der Waals surface area (Å²) in [5.41, 5.74) is 3.27. The van der Waals surface area contributed by atoms with Crippen molar-refractivity contribution in [1.29, 1.82) is 0 Å². The summed E-state index contributed by atoms with van der Waals surface area (Å²) in [6.07, 6.45) is -0.862. The van der Waals surface area contributed by atoms with Crippen LogP contribution in [0.25, 0.3) is 0 Å². The smallest absolute Gasteiger partial charge is 0.325 e. The summed E-state index contributed by atoms with van der Waals surface area (Å²) in [6, 6.07) is -4.31. The van der Waals surface area contributed by atoms with Crippen molar-refractivity contribution < 1.29 is 35.9 Å². The van der Waals surface area contributed by atoms with Crippen molar-refractivity contribution in [3.63, 3.8) is 0 Å². The first-order chi connectivity index (χ1) is 12.2. The van der Waals surface area contributed by atoms with Crippen LogP contribution in [0.1, 0.15) is 25.2 Å². The van der Waals surface area contributed by atoms with E-state index < -0.39 is 59.8 Å². The Labute approximate surface area is 140 Å². The monoisotopic (exact) mass is 340 g/mol. The quantitative estimate of drug-likeness (QED) is 0.234. The van der Waals surface area contributed by atoms with Gasteiger partial charge in [-0.2, -0.15) is 12.6 Å². The summed E-state index contributed by atoms with van der Waals surface area (Å²) < 4.78 is 42.4. The first-order valence-corrected chi connectivity index (χ1v) is 6.63. The molecule has 126 valence electrons. The van der Waals surface area contributed by atoms with Crippen molar-refractivity contribution in [2.75, 3.05) is 18.8 Å². The number of hydrogen-bond acceptors (Lipinski definition) is 7. The Bertz CT molecular complexity index is 596. The number of carbonyl (C=O) groups is 4. The Balaban J connectivity index is 5.37.